The fourth-order valence-corrected chi connectivity index (χ4v) is 15.4. The molecule has 650 valence electrons. The molecule has 0 aromatic carbocycles. The second-order valence-corrected chi connectivity index (χ2v) is 33.6. The van der Waals surface area contributed by atoms with E-state index in [4.69, 9.17) is 18.9 Å². The highest BCUT2D eigenvalue weighted by atomic mass is 16.6. The number of hydrogen-bond acceptors (Lipinski definition) is 12. The summed E-state index contributed by atoms with van der Waals surface area (Å²) >= 11 is 0. The van der Waals surface area contributed by atoms with Crippen LogP contribution in [0.25, 0.3) is 0 Å². The van der Waals surface area contributed by atoms with Crippen LogP contribution < -0.4 is 10.6 Å². The molecule has 0 aromatic heterocycles. The van der Waals surface area contributed by atoms with Gasteiger partial charge < -0.3 is 39.4 Å². The van der Waals surface area contributed by atoms with Crippen LogP contribution in [0.2, 0.25) is 0 Å². The van der Waals surface area contributed by atoms with Crippen molar-refractivity contribution in [1.29, 1.82) is 0 Å². The van der Waals surface area contributed by atoms with Gasteiger partial charge in [0.25, 0.3) is 0 Å². The Morgan fingerprint density at radius 1 is 0.209 bits per heavy atom. The summed E-state index contributed by atoms with van der Waals surface area (Å²) in [5.74, 6) is -0.435. The van der Waals surface area contributed by atoms with Gasteiger partial charge in [0.15, 0.2) is 0 Å². The van der Waals surface area contributed by atoms with Gasteiger partial charge in [0.2, 0.25) is 11.8 Å². The molecule has 0 aromatic rings. The lowest BCUT2D eigenvalue weighted by atomic mass is 10.0. The maximum Gasteiger partial charge on any atom is 0.306 e. The number of carbonyl (C=O) groups is 6. The number of esters is 4. The van der Waals surface area contributed by atoms with Crippen LogP contribution in [0.1, 0.15) is 505 Å². The quantitative estimate of drug-likeness (QED) is 0.0336. The van der Waals surface area contributed by atoms with Gasteiger partial charge in [-0.2, -0.15) is 0 Å². The molecule has 2 amide bonds. The fraction of sp³-hybridized carbons (Fsp3) is 0.938. The third-order valence-corrected chi connectivity index (χ3v) is 22.9. The number of ether oxygens (including phenoxy) is 4. The van der Waals surface area contributed by atoms with Crippen molar-refractivity contribution in [1.82, 2.24) is 20.4 Å². The van der Waals surface area contributed by atoms with Crippen LogP contribution in [0.15, 0.2) is 0 Å². The Bertz CT molecular complexity index is 1840. The second kappa shape index (κ2) is 85.1. The lowest BCUT2D eigenvalue weighted by Gasteiger charge is -2.23. The zero-order chi connectivity index (χ0) is 80.3. The summed E-state index contributed by atoms with van der Waals surface area (Å²) in [5, 5.41) is 6.25. The van der Waals surface area contributed by atoms with Crippen molar-refractivity contribution in [3.8, 4) is 0 Å². The smallest absolute Gasteiger partial charge is 0.306 e. The van der Waals surface area contributed by atoms with Gasteiger partial charge in [-0.3, -0.25) is 28.8 Å². The fourth-order valence-electron chi connectivity index (χ4n) is 15.4. The van der Waals surface area contributed by atoms with Crippen LogP contribution in [0.4, 0.5) is 0 Å². The highest BCUT2D eigenvalue weighted by molar-refractivity contribution is 5.83. The molecular formula is C96H186N4O10. The number of rotatable bonds is 89. The summed E-state index contributed by atoms with van der Waals surface area (Å²) in [7, 11) is 0. The Labute approximate surface area is 681 Å². The molecule has 0 radical (unpaired) electrons. The summed E-state index contributed by atoms with van der Waals surface area (Å²) in [6.07, 6.45) is 75.7. The van der Waals surface area contributed by atoms with E-state index < -0.39 is 0 Å². The summed E-state index contributed by atoms with van der Waals surface area (Å²) in [6, 6.07) is 0. The van der Waals surface area contributed by atoms with Gasteiger partial charge in [-0.05, 0) is 167 Å². The van der Waals surface area contributed by atoms with Gasteiger partial charge in [-0.25, -0.2) is 0 Å². The van der Waals surface area contributed by atoms with E-state index in [1.54, 1.807) is 0 Å². The Morgan fingerprint density at radius 2 is 0.391 bits per heavy atom. The molecule has 14 heteroatoms. The predicted molar refractivity (Wildman–Crippen MR) is 467 cm³/mol. The van der Waals surface area contributed by atoms with Crippen LogP contribution in [-0.2, 0) is 47.7 Å². The lowest BCUT2D eigenvalue weighted by Crippen LogP contribution is -2.37. The van der Waals surface area contributed by atoms with Crippen LogP contribution in [-0.4, -0.2) is 122 Å². The normalized spacial score (nSPS) is 12.2. The van der Waals surface area contributed by atoms with Crippen molar-refractivity contribution >= 4 is 35.7 Å². The Hall–Kier alpha value is -3.26. The third kappa shape index (κ3) is 76.1. The average molecular weight is 1560 g/mol. The van der Waals surface area contributed by atoms with E-state index in [0.717, 1.165) is 219 Å². The molecule has 0 aliphatic carbocycles. The largest absolute Gasteiger partial charge is 0.462 e. The van der Waals surface area contributed by atoms with Crippen molar-refractivity contribution in [2.75, 3.05) is 52.4 Å². The molecule has 2 atom stereocenters. The van der Waals surface area contributed by atoms with Crippen molar-refractivity contribution in [3.63, 3.8) is 0 Å². The molecule has 14 nitrogen and oxygen atoms in total. The third-order valence-electron chi connectivity index (χ3n) is 22.9. The van der Waals surface area contributed by atoms with E-state index in [9.17, 15) is 28.8 Å². The minimum Gasteiger partial charge on any atom is -0.462 e. The molecular weight excluding hydrogens is 1370 g/mol. The topological polar surface area (TPSA) is 170 Å². The molecule has 2 unspecified atom stereocenters. The first kappa shape index (κ1) is 107. The molecule has 0 saturated carbocycles. The molecule has 0 rings (SSSR count). The molecule has 2 N–H and O–H groups in total. The van der Waals surface area contributed by atoms with Gasteiger partial charge in [0.1, 0.15) is 24.4 Å². The Kier molecular flexibility index (Phi) is 82.6. The molecule has 110 heavy (non-hydrogen) atoms. The maximum atomic E-state index is 13.3. The van der Waals surface area contributed by atoms with E-state index in [2.05, 4.69) is 75.8 Å². The standard InChI is InChI=1S/C96H186N4O10/c1-9-17-23-29-35-37-45-53-67-87(15-7)107-93(103)75-61-51-65-83-99(81-63-49-39-47-59-73-95(105)109-89(69-55-41-31-25-19-11-3)70-56-42-32-26-20-12-4)85-79-97-91(101)77-78-92(102)98-80-86-100(84-66-52-62-76-94(104)108-88(16-8)68-54-46-38-36-30-24-18-10-2)82-64-50-40-48-60-74-96(106)110-90(71-57-43-33-27-21-13-5)72-58-44-34-28-22-14-6/h87-90H,9-86H2,1-8H3,(H,97,101)(H,98,102). The Morgan fingerprint density at radius 3 is 0.618 bits per heavy atom. The molecule has 0 aliphatic rings. The number of carbonyl (C=O) groups excluding carboxylic acids is 6. The van der Waals surface area contributed by atoms with Crippen molar-refractivity contribution in [2.24, 2.45) is 0 Å². The highest BCUT2D eigenvalue weighted by Crippen LogP contribution is 2.23. The number of nitrogens with zero attached hydrogens (tertiary/aromatic N) is 2. The number of unbranched alkanes of at least 4 members (excludes halogenated alkanes) is 46. The summed E-state index contributed by atoms with van der Waals surface area (Å²) < 4.78 is 24.2. The monoisotopic (exact) mass is 1560 g/mol. The number of nitrogens with one attached hydrogen (secondary N) is 2. The SMILES string of the molecule is CCCCCCCCCCC(CC)OC(=O)CCCCCN(CCCCCCCC(=O)OC(CCCCCCCC)CCCCCCCC)CCNC(=O)CCC(=O)NCCN(CCCCCCCC(=O)OC(CCCCCCCC)CCCCCCCC)CCCCCC(=O)OC(CC)CCCCCCCCCC. The van der Waals surface area contributed by atoms with Crippen LogP contribution in [0, 0.1) is 0 Å². The van der Waals surface area contributed by atoms with Gasteiger partial charge in [0, 0.05) is 64.7 Å². The van der Waals surface area contributed by atoms with E-state index in [1.807, 2.05) is 0 Å². The number of amides is 2. The summed E-state index contributed by atoms with van der Waals surface area (Å²) in [6.45, 7) is 23.8. The number of hydrogen-bond donors (Lipinski definition) is 2. The predicted octanol–water partition coefficient (Wildman–Crippen LogP) is 26.9. The molecule has 0 saturated heterocycles. The van der Waals surface area contributed by atoms with Gasteiger partial charge >= 0.3 is 23.9 Å². The minimum absolute atomic E-state index is 0.0109. The maximum absolute atomic E-state index is 13.3. The van der Waals surface area contributed by atoms with Crippen molar-refractivity contribution in [3.05, 3.63) is 0 Å². The lowest BCUT2D eigenvalue weighted by molar-refractivity contribution is -0.151. The van der Waals surface area contributed by atoms with Crippen molar-refractivity contribution < 1.29 is 47.7 Å². The van der Waals surface area contributed by atoms with Gasteiger partial charge in [-0.15, -0.1) is 0 Å². The van der Waals surface area contributed by atoms with Crippen molar-refractivity contribution in [2.45, 2.75) is 529 Å². The minimum atomic E-state index is -0.117. The second-order valence-electron chi connectivity index (χ2n) is 33.6. The van der Waals surface area contributed by atoms with E-state index in [1.165, 1.54) is 218 Å². The Balaban J connectivity index is 5.56. The first-order valence-corrected chi connectivity index (χ1v) is 48.6. The van der Waals surface area contributed by atoms with E-state index in [-0.39, 0.29) is 72.9 Å². The van der Waals surface area contributed by atoms with Gasteiger partial charge in [-0.1, -0.05) is 325 Å². The van der Waals surface area contributed by atoms with Gasteiger partial charge in [0.05, 0.1) is 0 Å². The molecule has 0 heterocycles. The van der Waals surface area contributed by atoms with Crippen LogP contribution in [0.5, 0.6) is 0 Å². The molecule has 0 aliphatic heterocycles. The van der Waals surface area contributed by atoms with E-state index >= 15 is 0 Å². The zero-order valence-electron chi connectivity index (χ0n) is 74.4. The average Bonchev–Trinajstić information content (AvgIpc) is 1.02. The van der Waals surface area contributed by atoms with Crippen LogP contribution >= 0.6 is 0 Å². The summed E-state index contributed by atoms with van der Waals surface area (Å²) in [4.78, 5) is 83.8. The zero-order valence-corrected chi connectivity index (χ0v) is 74.4. The molecule has 0 bridgehead atoms. The van der Waals surface area contributed by atoms with Crippen LogP contribution in [0.3, 0.4) is 0 Å². The molecule has 0 spiro atoms. The first-order chi connectivity index (χ1) is 53.9. The first-order valence-electron chi connectivity index (χ1n) is 48.6. The highest BCUT2D eigenvalue weighted by Gasteiger charge is 2.19. The summed E-state index contributed by atoms with van der Waals surface area (Å²) in [5.41, 5.74) is 0. The van der Waals surface area contributed by atoms with E-state index in [0.29, 0.717) is 51.9 Å². The molecule has 0 fully saturated rings.